The van der Waals surface area contributed by atoms with Gasteiger partial charge in [-0.25, -0.2) is 15.0 Å². The van der Waals surface area contributed by atoms with E-state index in [1.54, 1.807) is 12.4 Å². The van der Waals surface area contributed by atoms with Crippen molar-refractivity contribution in [2.24, 2.45) is 0 Å². The molecule has 2 aromatic rings. The minimum atomic E-state index is -0.539. The minimum Gasteiger partial charge on any atom is -0.465 e. The van der Waals surface area contributed by atoms with Crippen LogP contribution in [0.25, 0.3) is 10.5 Å². The summed E-state index contributed by atoms with van der Waals surface area (Å²) in [5, 5.41) is 0.799. The number of ether oxygens (including phenoxy) is 1. The van der Waals surface area contributed by atoms with E-state index in [1.807, 2.05) is 6.92 Å². The number of hydrogen-bond acceptors (Lipinski definition) is 6. The molecule has 94 valence electrons. The highest BCUT2D eigenvalue weighted by atomic mass is 32.1. The van der Waals surface area contributed by atoms with Crippen LogP contribution in [-0.2, 0) is 14.9 Å². The van der Waals surface area contributed by atoms with Gasteiger partial charge in [-0.05, 0) is 19.8 Å². The van der Waals surface area contributed by atoms with Crippen LogP contribution in [0.3, 0.4) is 0 Å². The van der Waals surface area contributed by atoms with E-state index >= 15 is 0 Å². The normalized spacial score (nSPS) is 17.4. The molecule has 5 nitrogen and oxygen atoms in total. The van der Waals surface area contributed by atoms with Crippen molar-refractivity contribution in [1.29, 1.82) is 0 Å². The summed E-state index contributed by atoms with van der Waals surface area (Å²) in [6.45, 7) is 2.23. The summed E-state index contributed by atoms with van der Waals surface area (Å²) in [6, 6.07) is 0. The molecule has 0 radical (unpaired) electrons. The Kier molecular flexibility index (Phi) is 2.74. The van der Waals surface area contributed by atoms with Crippen LogP contribution in [-0.4, -0.2) is 27.5 Å². The van der Waals surface area contributed by atoms with Crippen LogP contribution in [0.1, 0.15) is 31.2 Å². The number of fused-ring (bicyclic) bond motifs is 1. The van der Waals surface area contributed by atoms with E-state index in [4.69, 9.17) is 4.74 Å². The Morgan fingerprint density at radius 2 is 2.22 bits per heavy atom. The predicted octanol–water partition coefficient (Wildman–Crippen LogP) is 2.07. The summed E-state index contributed by atoms with van der Waals surface area (Å²) >= 11 is 1.45. The average molecular weight is 263 g/mol. The predicted molar refractivity (Wildman–Crippen MR) is 67.4 cm³/mol. The number of thiazole rings is 1. The molecular formula is C12H13N3O2S. The molecule has 0 unspecified atom stereocenters. The third kappa shape index (κ3) is 1.59. The molecule has 0 saturated heterocycles. The molecule has 1 aliphatic carbocycles. The van der Waals surface area contributed by atoms with Crippen LogP contribution < -0.4 is 0 Å². The van der Waals surface area contributed by atoms with E-state index < -0.39 is 5.41 Å². The first-order chi connectivity index (χ1) is 8.76. The van der Waals surface area contributed by atoms with Crippen molar-refractivity contribution in [2.75, 3.05) is 6.61 Å². The Hall–Kier alpha value is -1.56. The summed E-state index contributed by atoms with van der Waals surface area (Å²) in [5.74, 6) is -0.157. The van der Waals surface area contributed by atoms with Gasteiger partial charge in [0.05, 0.1) is 6.61 Å². The molecule has 2 heterocycles. The van der Waals surface area contributed by atoms with Gasteiger partial charge in [-0.1, -0.05) is 17.8 Å². The van der Waals surface area contributed by atoms with Crippen molar-refractivity contribution in [3.63, 3.8) is 0 Å². The molecule has 1 fully saturated rings. The van der Waals surface area contributed by atoms with Crippen LogP contribution in [0.5, 0.6) is 0 Å². The fourth-order valence-corrected chi connectivity index (χ4v) is 3.29. The van der Waals surface area contributed by atoms with Gasteiger partial charge in [0.1, 0.15) is 10.4 Å². The second-order valence-electron chi connectivity index (χ2n) is 4.36. The maximum absolute atomic E-state index is 12.1. The summed E-state index contributed by atoms with van der Waals surface area (Å²) in [4.78, 5) is 25.7. The molecule has 0 bridgehead atoms. The van der Waals surface area contributed by atoms with Crippen LogP contribution in [0, 0.1) is 0 Å². The molecule has 0 atom stereocenters. The van der Waals surface area contributed by atoms with Gasteiger partial charge in [-0.3, -0.25) is 4.79 Å². The molecule has 6 heteroatoms. The Bertz CT molecular complexity index is 559. The van der Waals surface area contributed by atoms with Gasteiger partial charge in [0.2, 0.25) is 0 Å². The van der Waals surface area contributed by atoms with E-state index in [1.165, 1.54) is 11.3 Å². The monoisotopic (exact) mass is 263 g/mol. The molecule has 0 aromatic carbocycles. The van der Waals surface area contributed by atoms with E-state index in [0.717, 1.165) is 29.1 Å². The molecule has 0 aliphatic heterocycles. The topological polar surface area (TPSA) is 65.0 Å². The number of aromatic nitrogens is 3. The van der Waals surface area contributed by atoms with Crippen molar-refractivity contribution in [2.45, 2.75) is 31.6 Å². The lowest BCUT2D eigenvalue weighted by atomic mass is 9.69. The van der Waals surface area contributed by atoms with E-state index in [-0.39, 0.29) is 5.97 Å². The summed E-state index contributed by atoms with van der Waals surface area (Å²) < 4.78 is 5.19. The van der Waals surface area contributed by atoms with Crippen LogP contribution in [0.4, 0.5) is 0 Å². The number of nitrogens with zero attached hydrogens (tertiary/aromatic N) is 3. The van der Waals surface area contributed by atoms with Crippen molar-refractivity contribution in [3.8, 4) is 0 Å². The van der Waals surface area contributed by atoms with Gasteiger partial charge in [-0.2, -0.15) is 0 Å². The van der Waals surface area contributed by atoms with Crippen molar-refractivity contribution in [3.05, 3.63) is 17.4 Å². The highest BCUT2D eigenvalue weighted by Crippen LogP contribution is 2.46. The third-order valence-electron chi connectivity index (χ3n) is 3.33. The third-order valence-corrected chi connectivity index (χ3v) is 4.49. The van der Waals surface area contributed by atoms with Gasteiger partial charge < -0.3 is 4.74 Å². The van der Waals surface area contributed by atoms with Crippen molar-refractivity contribution >= 4 is 27.8 Å². The first-order valence-corrected chi connectivity index (χ1v) is 6.83. The quantitative estimate of drug-likeness (QED) is 0.793. The average Bonchev–Trinajstić information content (AvgIpc) is 2.71. The molecule has 1 aliphatic rings. The van der Waals surface area contributed by atoms with Gasteiger partial charge >= 0.3 is 5.97 Å². The molecule has 18 heavy (non-hydrogen) atoms. The second-order valence-corrected chi connectivity index (χ2v) is 5.34. The van der Waals surface area contributed by atoms with E-state index in [9.17, 15) is 4.79 Å². The maximum Gasteiger partial charge on any atom is 0.319 e. The number of esters is 1. The number of hydrogen-bond donors (Lipinski definition) is 0. The Labute approximate surface area is 108 Å². The summed E-state index contributed by atoms with van der Waals surface area (Å²) in [6.07, 6.45) is 5.92. The van der Waals surface area contributed by atoms with Crippen LogP contribution in [0.2, 0.25) is 0 Å². The molecule has 2 aromatic heterocycles. The molecule has 3 rings (SSSR count). The second kappa shape index (κ2) is 4.28. The first kappa shape index (κ1) is 11.5. The molecule has 1 saturated carbocycles. The summed E-state index contributed by atoms with van der Waals surface area (Å²) in [5.41, 5.74) is 0.0800. The van der Waals surface area contributed by atoms with E-state index in [0.29, 0.717) is 12.3 Å². The lowest BCUT2D eigenvalue weighted by molar-refractivity contribution is -0.153. The smallest absolute Gasteiger partial charge is 0.319 e. The molecule has 0 N–H and O–H groups in total. The fraction of sp³-hybridized carbons (Fsp3) is 0.500. The zero-order valence-electron chi connectivity index (χ0n) is 10.0. The van der Waals surface area contributed by atoms with Gasteiger partial charge in [-0.15, -0.1) is 0 Å². The number of rotatable bonds is 3. The zero-order chi connectivity index (χ0) is 12.6. The fourth-order valence-electron chi connectivity index (χ4n) is 2.19. The van der Waals surface area contributed by atoms with Gasteiger partial charge in [0.15, 0.2) is 10.5 Å². The lowest BCUT2D eigenvalue weighted by Crippen LogP contribution is -2.43. The number of carbonyl (C=O) groups is 1. The minimum absolute atomic E-state index is 0.157. The molecule has 0 spiro atoms. The van der Waals surface area contributed by atoms with Crippen molar-refractivity contribution < 1.29 is 9.53 Å². The van der Waals surface area contributed by atoms with E-state index in [2.05, 4.69) is 15.0 Å². The SMILES string of the molecule is CCOC(=O)C1(c2nc3nccnc3s2)CCC1. The van der Waals surface area contributed by atoms with Crippen LogP contribution in [0.15, 0.2) is 12.4 Å². The zero-order valence-corrected chi connectivity index (χ0v) is 10.9. The number of carbonyl (C=O) groups excluding carboxylic acids is 1. The Balaban J connectivity index is 2.03. The van der Waals surface area contributed by atoms with Gasteiger partial charge in [0.25, 0.3) is 0 Å². The Morgan fingerprint density at radius 1 is 1.44 bits per heavy atom. The van der Waals surface area contributed by atoms with Gasteiger partial charge in [0, 0.05) is 12.4 Å². The standard InChI is InChI=1S/C12H13N3O2S/c1-2-17-11(16)12(4-3-5-12)10-15-8-9(18-10)14-7-6-13-8/h6-7H,2-5H2,1H3. The Morgan fingerprint density at radius 3 is 2.83 bits per heavy atom. The molecule has 0 amide bonds. The van der Waals surface area contributed by atoms with Crippen molar-refractivity contribution in [1.82, 2.24) is 15.0 Å². The lowest BCUT2D eigenvalue weighted by Gasteiger charge is -2.36. The highest BCUT2D eigenvalue weighted by Gasteiger charge is 2.49. The maximum atomic E-state index is 12.1. The van der Waals surface area contributed by atoms with Crippen LogP contribution >= 0.6 is 11.3 Å². The largest absolute Gasteiger partial charge is 0.465 e. The molecular weight excluding hydrogens is 250 g/mol. The first-order valence-electron chi connectivity index (χ1n) is 6.01. The summed E-state index contributed by atoms with van der Waals surface area (Å²) in [7, 11) is 0. The highest BCUT2D eigenvalue weighted by molar-refractivity contribution is 7.18.